The molecular formula is C13H10N2O3. The lowest BCUT2D eigenvalue weighted by Gasteiger charge is -2.05. The molecule has 5 heteroatoms. The number of hydrogen-bond acceptors (Lipinski definition) is 4. The van der Waals surface area contributed by atoms with Crippen molar-refractivity contribution in [3.05, 3.63) is 40.2 Å². The van der Waals surface area contributed by atoms with Gasteiger partial charge in [-0.3, -0.25) is 4.79 Å². The molecule has 0 bridgehead atoms. The topological polar surface area (TPSA) is 83.1 Å². The first-order valence-corrected chi connectivity index (χ1v) is 5.31. The van der Waals surface area contributed by atoms with Gasteiger partial charge in [-0.05, 0) is 24.6 Å². The number of rotatable bonds is 2. The van der Waals surface area contributed by atoms with Crippen molar-refractivity contribution in [1.82, 2.24) is 0 Å². The molecule has 0 saturated heterocycles. The lowest BCUT2D eigenvalue weighted by atomic mass is 10.1. The van der Waals surface area contributed by atoms with Gasteiger partial charge in [0.15, 0.2) is 0 Å². The van der Waals surface area contributed by atoms with Gasteiger partial charge in [0.25, 0.3) is 0 Å². The van der Waals surface area contributed by atoms with E-state index in [0.717, 1.165) is 10.9 Å². The minimum atomic E-state index is -0.430. The largest absolute Gasteiger partial charge is 0.423 e. The van der Waals surface area contributed by atoms with Gasteiger partial charge in [0.1, 0.15) is 12.0 Å². The van der Waals surface area contributed by atoms with E-state index in [0.29, 0.717) is 11.3 Å². The van der Waals surface area contributed by atoms with E-state index in [1.165, 1.54) is 6.07 Å². The van der Waals surface area contributed by atoms with E-state index in [2.05, 4.69) is 5.32 Å². The number of benzene rings is 1. The maximum atomic E-state index is 11.3. The third-order valence-electron chi connectivity index (χ3n) is 2.47. The average Bonchev–Trinajstić information content (AvgIpc) is 2.28. The molecule has 0 saturated carbocycles. The fraction of sp³-hybridized carbons (Fsp3) is 0.154. The van der Waals surface area contributed by atoms with Crippen molar-refractivity contribution >= 4 is 22.6 Å². The second-order valence-electron chi connectivity index (χ2n) is 3.84. The van der Waals surface area contributed by atoms with Crippen LogP contribution in [-0.2, 0) is 4.79 Å². The Bertz CT molecular complexity index is 710. The SMILES string of the molecule is Cc1cc(=O)oc2cc(NC(=O)CC#N)ccc12. The van der Waals surface area contributed by atoms with E-state index in [4.69, 9.17) is 9.68 Å². The molecule has 2 rings (SSSR count). The van der Waals surface area contributed by atoms with Crippen LogP contribution in [0.3, 0.4) is 0 Å². The summed E-state index contributed by atoms with van der Waals surface area (Å²) in [6.45, 7) is 1.81. The highest BCUT2D eigenvalue weighted by molar-refractivity contribution is 5.94. The van der Waals surface area contributed by atoms with Crippen molar-refractivity contribution in [2.75, 3.05) is 5.32 Å². The molecule has 18 heavy (non-hydrogen) atoms. The summed E-state index contributed by atoms with van der Waals surface area (Å²) < 4.78 is 5.05. The summed E-state index contributed by atoms with van der Waals surface area (Å²) in [6.07, 6.45) is -0.212. The predicted octanol–water partition coefficient (Wildman–Crippen LogP) is 1.95. The third kappa shape index (κ3) is 2.38. The fourth-order valence-corrected chi connectivity index (χ4v) is 1.68. The van der Waals surface area contributed by atoms with E-state index in [-0.39, 0.29) is 6.42 Å². The van der Waals surface area contributed by atoms with Gasteiger partial charge in [-0.25, -0.2) is 4.79 Å². The number of hydrogen-bond donors (Lipinski definition) is 1. The summed E-state index contributed by atoms with van der Waals surface area (Å²) in [7, 11) is 0. The van der Waals surface area contributed by atoms with Gasteiger partial charge >= 0.3 is 5.63 Å². The molecule has 90 valence electrons. The highest BCUT2D eigenvalue weighted by Gasteiger charge is 2.05. The number of nitriles is 1. The van der Waals surface area contributed by atoms with Crippen LogP contribution < -0.4 is 10.9 Å². The maximum Gasteiger partial charge on any atom is 0.336 e. The highest BCUT2D eigenvalue weighted by Crippen LogP contribution is 2.20. The molecular weight excluding hydrogens is 232 g/mol. The Balaban J connectivity index is 2.42. The van der Waals surface area contributed by atoms with Gasteiger partial charge in [0.05, 0.1) is 6.07 Å². The van der Waals surface area contributed by atoms with Crippen LogP contribution in [0.5, 0.6) is 0 Å². The van der Waals surface area contributed by atoms with Gasteiger partial charge in [0.2, 0.25) is 5.91 Å². The molecule has 0 unspecified atom stereocenters. The monoisotopic (exact) mass is 242 g/mol. The molecule has 5 nitrogen and oxygen atoms in total. The molecule has 1 heterocycles. The minimum Gasteiger partial charge on any atom is -0.423 e. The molecule has 0 radical (unpaired) electrons. The quantitative estimate of drug-likeness (QED) is 0.816. The van der Waals surface area contributed by atoms with E-state index in [9.17, 15) is 9.59 Å². The zero-order valence-electron chi connectivity index (χ0n) is 9.69. The molecule has 1 aromatic carbocycles. The molecule has 0 aliphatic heterocycles. The molecule has 0 aliphatic carbocycles. The average molecular weight is 242 g/mol. The van der Waals surface area contributed by atoms with Gasteiger partial charge < -0.3 is 9.73 Å². The summed E-state index contributed by atoms with van der Waals surface area (Å²) in [4.78, 5) is 22.5. The standard InChI is InChI=1S/C13H10N2O3/c1-8-6-13(17)18-11-7-9(2-3-10(8)11)15-12(16)4-5-14/h2-3,6-7H,4H2,1H3,(H,15,16). The number of nitrogens with one attached hydrogen (secondary N) is 1. The first-order chi connectivity index (χ1) is 8.60. The van der Waals surface area contributed by atoms with Gasteiger partial charge in [0, 0.05) is 23.2 Å². The van der Waals surface area contributed by atoms with Crippen LogP contribution in [0.4, 0.5) is 5.69 Å². The first kappa shape index (κ1) is 11.9. The minimum absolute atomic E-state index is 0.212. The van der Waals surface area contributed by atoms with Crippen molar-refractivity contribution in [2.45, 2.75) is 13.3 Å². The highest BCUT2D eigenvalue weighted by atomic mass is 16.4. The van der Waals surface area contributed by atoms with Crippen LogP contribution in [0.1, 0.15) is 12.0 Å². The molecule has 2 aromatic rings. The second-order valence-corrected chi connectivity index (χ2v) is 3.84. The van der Waals surface area contributed by atoms with Crippen LogP contribution >= 0.6 is 0 Å². The molecule has 1 aromatic heterocycles. The summed E-state index contributed by atoms with van der Waals surface area (Å²) in [5.41, 5.74) is 1.29. The van der Waals surface area contributed by atoms with Crippen LogP contribution in [0.25, 0.3) is 11.0 Å². The van der Waals surface area contributed by atoms with E-state index >= 15 is 0 Å². The summed E-state index contributed by atoms with van der Waals surface area (Å²) in [6, 6.07) is 8.20. The zero-order valence-corrected chi connectivity index (χ0v) is 9.69. The molecule has 0 spiro atoms. The Kier molecular flexibility index (Phi) is 3.11. The molecule has 0 aliphatic rings. The number of amides is 1. The van der Waals surface area contributed by atoms with Crippen LogP contribution in [0, 0.1) is 18.3 Å². The Hall–Kier alpha value is -2.61. The maximum absolute atomic E-state index is 11.3. The summed E-state index contributed by atoms with van der Waals surface area (Å²) >= 11 is 0. The number of aryl methyl sites for hydroxylation is 1. The first-order valence-electron chi connectivity index (χ1n) is 5.31. The van der Waals surface area contributed by atoms with Gasteiger partial charge in [-0.1, -0.05) is 0 Å². The zero-order chi connectivity index (χ0) is 13.1. The number of carbonyl (C=O) groups is 1. The Morgan fingerprint density at radius 3 is 2.94 bits per heavy atom. The predicted molar refractivity (Wildman–Crippen MR) is 66.1 cm³/mol. The Labute approximate surface area is 103 Å². The second kappa shape index (κ2) is 4.72. The Morgan fingerprint density at radius 2 is 2.22 bits per heavy atom. The van der Waals surface area contributed by atoms with Crippen LogP contribution in [0.2, 0.25) is 0 Å². The molecule has 0 fully saturated rings. The fourth-order valence-electron chi connectivity index (χ4n) is 1.68. The lowest BCUT2D eigenvalue weighted by Crippen LogP contribution is -2.10. The number of fused-ring (bicyclic) bond motifs is 1. The molecule has 0 atom stereocenters. The van der Waals surface area contributed by atoms with Gasteiger partial charge in [-0.2, -0.15) is 5.26 Å². The lowest BCUT2D eigenvalue weighted by molar-refractivity contribution is -0.115. The van der Waals surface area contributed by atoms with Crippen LogP contribution in [-0.4, -0.2) is 5.91 Å². The van der Waals surface area contributed by atoms with E-state index < -0.39 is 11.5 Å². The van der Waals surface area contributed by atoms with E-state index in [1.54, 1.807) is 24.3 Å². The third-order valence-corrected chi connectivity index (χ3v) is 2.47. The molecule has 1 amide bonds. The number of nitrogens with zero attached hydrogens (tertiary/aromatic N) is 1. The van der Waals surface area contributed by atoms with Crippen molar-refractivity contribution < 1.29 is 9.21 Å². The Morgan fingerprint density at radius 1 is 1.44 bits per heavy atom. The normalized spacial score (nSPS) is 10.0. The van der Waals surface area contributed by atoms with Crippen LogP contribution in [0.15, 0.2) is 33.5 Å². The van der Waals surface area contributed by atoms with E-state index in [1.807, 2.05) is 6.92 Å². The smallest absolute Gasteiger partial charge is 0.336 e. The summed E-state index contributed by atoms with van der Waals surface area (Å²) in [5, 5.41) is 11.8. The summed E-state index contributed by atoms with van der Waals surface area (Å²) in [5.74, 6) is -0.396. The van der Waals surface area contributed by atoms with Crippen molar-refractivity contribution in [3.63, 3.8) is 0 Å². The van der Waals surface area contributed by atoms with Gasteiger partial charge in [-0.15, -0.1) is 0 Å². The number of anilines is 1. The molecule has 1 N–H and O–H groups in total. The van der Waals surface area contributed by atoms with Crippen molar-refractivity contribution in [2.24, 2.45) is 0 Å². The van der Waals surface area contributed by atoms with Crippen molar-refractivity contribution in [1.29, 1.82) is 5.26 Å². The number of carbonyl (C=O) groups excluding carboxylic acids is 1. The van der Waals surface area contributed by atoms with Crippen molar-refractivity contribution in [3.8, 4) is 6.07 Å².